The summed E-state index contributed by atoms with van der Waals surface area (Å²) in [6.07, 6.45) is 6.89. The lowest BCUT2D eigenvalue weighted by Crippen LogP contribution is -2.33. The number of anilines is 1. The van der Waals surface area contributed by atoms with Gasteiger partial charge in [0.1, 0.15) is 11.5 Å². The molecule has 1 saturated heterocycles. The highest BCUT2D eigenvalue weighted by Gasteiger charge is 2.22. The first-order chi connectivity index (χ1) is 12.3. The van der Waals surface area contributed by atoms with E-state index in [0.29, 0.717) is 11.5 Å². The second-order valence-electron chi connectivity index (χ2n) is 6.95. The van der Waals surface area contributed by atoms with Crippen LogP contribution < -0.4 is 10.2 Å². The predicted octanol–water partition coefficient (Wildman–Crippen LogP) is 3.42. The summed E-state index contributed by atoms with van der Waals surface area (Å²) in [4.78, 5) is 24.3. The summed E-state index contributed by atoms with van der Waals surface area (Å²) in [5, 5.41) is 3.14. The van der Waals surface area contributed by atoms with Crippen molar-refractivity contribution in [3.63, 3.8) is 0 Å². The summed E-state index contributed by atoms with van der Waals surface area (Å²) in [5.41, 5.74) is 1.42. The molecule has 0 atom stereocenters. The van der Waals surface area contributed by atoms with E-state index in [4.69, 9.17) is 4.98 Å². The summed E-state index contributed by atoms with van der Waals surface area (Å²) >= 11 is 0. The molecule has 1 amide bonds. The van der Waals surface area contributed by atoms with Crippen LogP contribution in [0.15, 0.2) is 36.4 Å². The van der Waals surface area contributed by atoms with Crippen molar-refractivity contribution >= 4 is 11.7 Å². The van der Waals surface area contributed by atoms with Gasteiger partial charge in [-0.25, -0.2) is 9.97 Å². The zero-order chi connectivity index (χ0) is 17.1. The summed E-state index contributed by atoms with van der Waals surface area (Å²) < 4.78 is 0. The molecule has 1 aromatic carbocycles. The van der Waals surface area contributed by atoms with Gasteiger partial charge in [-0.1, -0.05) is 43.2 Å². The van der Waals surface area contributed by atoms with E-state index in [1.165, 1.54) is 25.7 Å². The molecule has 1 saturated carbocycles. The van der Waals surface area contributed by atoms with E-state index in [9.17, 15) is 4.79 Å². The Balaban J connectivity index is 1.66. The average Bonchev–Trinajstić information content (AvgIpc) is 3.36. The third kappa shape index (κ3) is 3.65. The van der Waals surface area contributed by atoms with E-state index in [1.54, 1.807) is 0 Å². The Hall–Kier alpha value is -2.43. The lowest BCUT2D eigenvalue weighted by molar-refractivity contribution is 0.0933. The molecule has 130 valence electrons. The van der Waals surface area contributed by atoms with Crippen LogP contribution in [0.3, 0.4) is 0 Å². The van der Waals surface area contributed by atoms with Crippen LogP contribution >= 0.6 is 0 Å². The standard InChI is InChI=1S/C20H24N4O/c25-20(21-16-10-4-5-11-16)17-14-18(24-12-6-7-13-24)23-19(22-17)15-8-2-1-3-9-15/h1-3,8-9,14,16H,4-7,10-13H2,(H,21,25). The molecule has 5 nitrogen and oxygen atoms in total. The van der Waals surface area contributed by atoms with Crippen LogP contribution in [0.2, 0.25) is 0 Å². The van der Waals surface area contributed by atoms with E-state index in [2.05, 4.69) is 15.2 Å². The first kappa shape index (κ1) is 16.1. The minimum absolute atomic E-state index is 0.0769. The second kappa shape index (κ2) is 7.21. The lowest BCUT2D eigenvalue weighted by Gasteiger charge is -2.18. The number of benzene rings is 1. The molecule has 0 unspecified atom stereocenters. The maximum atomic E-state index is 12.7. The van der Waals surface area contributed by atoms with Gasteiger partial charge in [0.25, 0.3) is 5.91 Å². The van der Waals surface area contributed by atoms with Gasteiger partial charge in [-0.05, 0) is 25.7 Å². The monoisotopic (exact) mass is 336 g/mol. The maximum absolute atomic E-state index is 12.7. The molecule has 0 radical (unpaired) electrons. The third-order valence-electron chi connectivity index (χ3n) is 5.10. The number of nitrogens with one attached hydrogen (secondary N) is 1. The van der Waals surface area contributed by atoms with E-state index in [1.807, 2.05) is 36.4 Å². The maximum Gasteiger partial charge on any atom is 0.270 e. The minimum Gasteiger partial charge on any atom is -0.356 e. The Bertz CT molecular complexity index is 735. The fourth-order valence-electron chi connectivity index (χ4n) is 3.70. The molecule has 0 spiro atoms. The molecule has 2 heterocycles. The SMILES string of the molecule is O=C(NC1CCCC1)c1cc(N2CCCC2)nc(-c2ccccc2)n1. The lowest BCUT2D eigenvalue weighted by atomic mass is 10.2. The Morgan fingerprint density at radius 2 is 1.72 bits per heavy atom. The molecule has 1 aliphatic carbocycles. The highest BCUT2D eigenvalue weighted by atomic mass is 16.1. The molecule has 2 aliphatic rings. The highest BCUT2D eigenvalue weighted by Crippen LogP contribution is 2.24. The Morgan fingerprint density at radius 1 is 1.00 bits per heavy atom. The highest BCUT2D eigenvalue weighted by molar-refractivity contribution is 5.93. The number of hydrogen-bond acceptors (Lipinski definition) is 4. The number of nitrogens with zero attached hydrogens (tertiary/aromatic N) is 3. The largest absolute Gasteiger partial charge is 0.356 e. The molecule has 2 aromatic rings. The van der Waals surface area contributed by atoms with Gasteiger partial charge in [-0.15, -0.1) is 0 Å². The molecule has 25 heavy (non-hydrogen) atoms. The van der Waals surface area contributed by atoms with Crippen LogP contribution in [0.4, 0.5) is 5.82 Å². The first-order valence-electron chi connectivity index (χ1n) is 9.30. The number of aromatic nitrogens is 2. The molecule has 0 bridgehead atoms. The van der Waals surface area contributed by atoms with Crippen LogP contribution in [0.1, 0.15) is 49.0 Å². The number of hydrogen-bond donors (Lipinski definition) is 1. The van der Waals surface area contributed by atoms with Crippen molar-refractivity contribution in [3.05, 3.63) is 42.1 Å². The fourth-order valence-corrected chi connectivity index (χ4v) is 3.70. The molecular formula is C20H24N4O. The topological polar surface area (TPSA) is 58.1 Å². The minimum atomic E-state index is -0.0769. The van der Waals surface area contributed by atoms with Gasteiger partial charge in [0.15, 0.2) is 5.82 Å². The van der Waals surface area contributed by atoms with Gasteiger partial charge in [0, 0.05) is 30.8 Å². The first-order valence-corrected chi connectivity index (χ1v) is 9.30. The van der Waals surface area contributed by atoms with Crippen molar-refractivity contribution < 1.29 is 4.79 Å². The summed E-state index contributed by atoms with van der Waals surface area (Å²) in [5.74, 6) is 1.41. The number of carbonyl (C=O) groups excluding carboxylic acids is 1. The van der Waals surface area contributed by atoms with Crippen molar-refractivity contribution in [1.29, 1.82) is 0 Å². The molecule has 2 fully saturated rings. The van der Waals surface area contributed by atoms with Gasteiger partial charge in [-0.2, -0.15) is 0 Å². The molecule has 1 aromatic heterocycles. The van der Waals surface area contributed by atoms with Gasteiger partial charge in [0.05, 0.1) is 0 Å². The quantitative estimate of drug-likeness (QED) is 0.929. The fraction of sp³-hybridized carbons (Fsp3) is 0.450. The summed E-state index contributed by atoms with van der Waals surface area (Å²) in [7, 11) is 0. The van der Waals surface area contributed by atoms with Gasteiger partial charge < -0.3 is 10.2 Å². The van der Waals surface area contributed by atoms with E-state index >= 15 is 0 Å². The van der Waals surface area contributed by atoms with Crippen molar-refractivity contribution in [1.82, 2.24) is 15.3 Å². The van der Waals surface area contributed by atoms with Crippen molar-refractivity contribution in [3.8, 4) is 11.4 Å². The van der Waals surface area contributed by atoms with Gasteiger partial charge >= 0.3 is 0 Å². The zero-order valence-electron chi connectivity index (χ0n) is 14.4. The number of carbonyl (C=O) groups is 1. The van der Waals surface area contributed by atoms with Crippen molar-refractivity contribution in [2.45, 2.75) is 44.6 Å². The smallest absolute Gasteiger partial charge is 0.270 e. The van der Waals surface area contributed by atoms with Crippen LogP contribution in [0, 0.1) is 0 Å². The molecule has 1 N–H and O–H groups in total. The number of amides is 1. The van der Waals surface area contributed by atoms with Gasteiger partial charge in [0.2, 0.25) is 0 Å². The second-order valence-corrected chi connectivity index (χ2v) is 6.95. The molecule has 4 rings (SSSR count). The Kier molecular flexibility index (Phi) is 4.63. The summed E-state index contributed by atoms with van der Waals surface area (Å²) in [6.45, 7) is 1.99. The van der Waals surface area contributed by atoms with Crippen molar-refractivity contribution in [2.75, 3.05) is 18.0 Å². The van der Waals surface area contributed by atoms with E-state index in [0.717, 1.165) is 37.3 Å². The third-order valence-corrected chi connectivity index (χ3v) is 5.10. The zero-order valence-corrected chi connectivity index (χ0v) is 14.4. The normalized spacial score (nSPS) is 17.8. The van der Waals surface area contributed by atoms with Crippen LogP contribution in [0.25, 0.3) is 11.4 Å². The van der Waals surface area contributed by atoms with Crippen LogP contribution in [0.5, 0.6) is 0 Å². The molecule has 5 heteroatoms. The van der Waals surface area contributed by atoms with E-state index in [-0.39, 0.29) is 11.9 Å². The Labute approximate surface area is 148 Å². The number of rotatable bonds is 4. The van der Waals surface area contributed by atoms with Gasteiger partial charge in [-0.3, -0.25) is 4.79 Å². The predicted molar refractivity (Wildman–Crippen MR) is 98.6 cm³/mol. The Morgan fingerprint density at radius 3 is 2.44 bits per heavy atom. The van der Waals surface area contributed by atoms with E-state index < -0.39 is 0 Å². The average molecular weight is 336 g/mol. The molecule has 1 aliphatic heterocycles. The van der Waals surface area contributed by atoms with Crippen LogP contribution in [-0.2, 0) is 0 Å². The molecular weight excluding hydrogens is 312 g/mol. The van der Waals surface area contributed by atoms with Crippen molar-refractivity contribution in [2.24, 2.45) is 0 Å². The summed E-state index contributed by atoms with van der Waals surface area (Å²) in [6, 6.07) is 12.0. The van der Waals surface area contributed by atoms with Crippen LogP contribution in [-0.4, -0.2) is 35.0 Å².